The second-order valence-corrected chi connectivity index (χ2v) is 4.62. The van der Waals surface area contributed by atoms with E-state index in [9.17, 15) is 9.59 Å². The van der Waals surface area contributed by atoms with Crippen molar-refractivity contribution < 1.29 is 0 Å². The van der Waals surface area contributed by atoms with Gasteiger partial charge in [-0.3, -0.25) is 4.79 Å². The Morgan fingerprint density at radius 2 is 1.47 bits per heavy atom. The fraction of sp³-hybridized carbons (Fsp3) is 0. The number of aromatic nitrogens is 2. The highest BCUT2D eigenvalue weighted by Gasteiger charge is 2.19. The van der Waals surface area contributed by atoms with E-state index in [-0.39, 0.29) is 31.0 Å². The Balaban J connectivity index is 3.24. The number of hydrogen-bond donors (Lipinski definition) is 2. The van der Waals surface area contributed by atoms with Crippen molar-refractivity contribution in [1.82, 2.24) is 9.66 Å². The number of nitrogens with zero attached hydrogens (tertiary/aromatic N) is 1. The van der Waals surface area contributed by atoms with Gasteiger partial charge < -0.3 is 10.8 Å². The van der Waals surface area contributed by atoms with Crippen LogP contribution in [0.5, 0.6) is 0 Å². The lowest BCUT2D eigenvalue weighted by Crippen LogP contribution is -2.40. The number of hydrogen-bond acceptors (Lipinski definition) is 3. The van der Waals surface area contributed by atoms with Gasteiger partial charge in [0.2, 0.25) is 0 Å². The molecule has 0 spiro atoms. The van der Waals surface area contributed by atoms with Crippen LogP contribution in [0.4, 0.5) is 0 Å². The molecule has 2 aromatic rings. The average Bonchev–Trinajstić information content (AvgIpc) is 2.30. The minimum atomic E-state index is -0.834. The van der Waals surface area contributed by atoms with Crippen LogP contribution >= 0.6 is 46.4 Å². The number of H-pyrrole nitrogens is 1. The minimum Gasteiger partial charge on any atom is -0.332 e. The van der Waals surface area contributed by atoms with Crippen LogP contribution in [0.15, 0.2) is 9.59 Å². The summed E-state index contributed by atoms with van der Waals surface area (Å²) in [6.07, 6.45) is 0. The van der Waals surface area contributed by atoms with Gasteiger partial charge in [0.1, 0.15) is 0 Å². The van der Waals surface area contributed by atoms with Gasteiger partial charge in [0.25, 0.3) is 5.56 Å². The zero-order valence-corrected chi connectivity index (χ0v) is 10.9. The van der Waals surface area contributed by atoms with Gasteiger partial charge in [0, 0.05) is 0 Å². The Labute approximate surface area is 114 Å². The second kappa shape index (κ2) is 4.10. The van der Waals surface area contributed by atoms with Crippen molar-refractivity contribution in [2.75, 3.05) is 5.84 Å². The lowest BCUT2D eigenvalue weighted by molar-refractivity contribution is 0.856. The summed E-state index contributed by atoms with van der Waals surface area (Å²) in [5.74, 6) is 5.24. The number of nitrogen functional groups attached to an aromatic ring is 1. The molecule has 0 amide bonds. The molecule has 0 aliphatic heterocycles. The van der Waals surface area contributed by atoms with E-state index in [1.54, 1.807) is 0 Å². The SMILES string of the molecule is Nn1c(=O)[nH]c2c(Cl)c(Cl)c(Cl)c(Cl)c2c1=O. The van der Waals surface area contributed by atoms with Crippen LogP contribution in [0.3, 0.4) is 0 Å². The Bertz CT molecular complexity index is 749. The molecule has 0 unspecified atom stereocenters. The summed E-state index contributed by atoms with van der Waals surface area (Å²) in [5, 5.41) is -0.388. The van der Waals surface area contributed by atoms with Crippen molar-refractivity contribution >= 4 is 57.3 Å². The van der Waals surface area contributed by atoms with Gasteiger partial charge in [-0.25, -0.2) is 4.79 Å². The normalized spacial score (nSPS) is 11.1. The van der Waals surface area contributed by atoms with E-state index in [2.05, 4.69) is 4.98 Å². The second-order valence-electron chi connectivity index (χ2n) is 3.11. The average molecular weight is 315 g/mol. The molecule has 17 heavy (non-hydrogen) atoms. The molecular formula is C8H3Cl4N3O2. The summed E-state index contributed by atoms with van der Waals surface area (Å²) in [6.45, 7) is 0. The van der Waals surface area contributed by atoms with E-state index in [1.807, 2.05) is 0 Å². The molecule has 0 aliphatic rings. The molecule has 0 aliphatic carbocycles. The predicted molar refractivity (Wildman–Crippen MR) is 69.0 cm³/mol. The van der Waals surface area contributed by atoms with Gasteiger partial charge in [0.05, 0.1) is 31.0 Å². The molecule has 0 saturated heterocycles. The smallest absolute Gasteiger partial charge is 0.332 e. The molecule has 1 aromatic heterocycles. The van der Waals surface area contributed by atoms with Crippen molar-refractivity contribution in [2.24, 2.45) is 0 Å². The summed E-state index contributed by atoms with van der Waals surface area (Å²) < 4.78 is 0.370. The molecule has 0 atom stereocenters. The Hall–Kier alpha value is -0.880. The molecular weight excluding hydrogens is 312 g/mol. The quantitative estimate of drug-likeness (QED) is 0.443. The van der Waals surface area contributed by atoms with E-state index in [4.69, 9.17) is 52.2 Å². The molecule has 0 bridgehead atoms. The van der Waals surface area contributed by atoms with Gasteiger partial charge in [-0.1, -0.05) is 46.4 Å². The maximum absolute atomic E-state index is 11.8. The predicted octanol–water partition coefficient (Wildman–Crippen LogP) is 2.02. The zero-order valence-electron chi connectivity index (χ0n) is 7.85. The standard InChI is InChI=1S/C8H3Cl4N3O2/c9-2-1-6(5(12)4(11)3(2)10)14-8(17)15(13)7(1)16/h13H2,(H,14,17). The highest BCUT2D eigenvalue weighted by atomic mass is 35.5. The first-order chi connectivity index (χ1) is 7.86. The molecule has 0 fully saturated rings. The molecule has 2 rings (SSSR count). The zero-order chi connectivity index (χ0) is 12.9. The first kappa shape index (κ1) is 12.6. The first-order valence-corrected chi connectivity index (χ1v) is 5.63. The highest BCUT2D eigenvalue weighted by Crippen LogP contribution is 2.40. The van der Waals surface area contributed by atoms with E-state index < -0.39 is 11.2 Å². The van der Waals surface area contributed by atoms with Gasteiger partial charge >= 0.3 is 5.69 Å². The Kier molecular flexibility index (Phi) is 3.03. The van der Waals surface area contributed by atoms with Crippen molar-refractivity contribution in [2.45, 2.75) is 0 Å². The van der Waals surface area contributed by atoms with Crippen molar-refractivity contribution in [3.05, 3.63) is 40.9 Å². The number of nitrogens with one attached hydrogen (secondary N) is 1. The van der Waals surface area contributed by atoms with Gasteiger partial charge in [-0.05, 0) is 0 Å². The van der Waals surface area contributed by atoms with E-state index in [0.29, 0.717) is 4.68 Å². The summed E-state index contributed by atoms with van der Waals surface area (Å²) in [7, 11) is 0. The van der Waals surface area contributed by atoms with Crippen LogP contribution < -0.4 is 17.1 Å². The molecule has 3 N–H and O–H groups in total. The fourth-order valence-corrected chi connectivity index (χ4v) is 2.31. The van der Waals surface area contributed by atoms with E-state index in [0.717, 1.165) is 0 Å². The minimum absolute atomic E-state index is 0.00256. The number of fused-ring (bicyclic) bond motifs is 1. The van der Waals surface area contributed by atoms with Crippen LogP contribution in [-0.4, -0.2) is 9.66 Å². The topological polar surface area (TPSA) is 80.9 Å². The van der Waals surface area contributed by atoms with Gasteiger partial charge in [-0.15, -0.1) is 0 Å². The highest BCUT2D eigenvalue weighted by molar-refractivity contribution is 6.55. The number of aromatic amines is 1. The Morgan fingerprint density at radius 3 is 2.06 bits per heavy atom. The molecule has 90 valence electrons. The molecule has 1 heterocycles. The van der Waals surface area contributed by atoms with Crippen molar-refractivity contribution in [3.8, 4) is 0 Å². The summed E-state index contributed by atoms with van der Waals surface area (Å²) in [6, 6.07) is 0. The van der Waals surface area contributed by atoms with E-state index in [1.165, 1.54) is 0 Å². The Morgan fingerprint density at radius 1 is 0.941 bits per heavy atom. The largest absolute Gasteiger partial charge is 0.347 e. The maximum atomic E-state index is 11.8. The van der Waals surface area contributed by atoms with Crippen LogP contribution in [0, 0.1) is 0 Å². The van der Waals surface area contributed by atoms with E-state index >= 15 is 0 Å². The third-order valence-electron chi connectivity index (χ3n) is 2.15. The lowest BCUT2D eigenvalue weighted by atomic mass is 10.2. The van der Waals surface area contributed by atoms with Gasteiger partial charge in [0.15, 0.2) is 0 Å². The molecule has 1 aromatic carbocycles. The first-order valence-electron chi connectivity index (χ1n) is 4.12. The summed E-state index contributed by atoms with van der Waals surface area (Å²) in [4.78, 5) is 25.4. The number of rotatable bonds is 0. The third-order valence-corrected chi connectivity index (χ3v) is 3.95. The van der Waals surface area contributed by atoms with Crippen molar-refractivity contribution in [3.63, 3.8) is 0 Å². The molecule has 0 radical (unpaired) electrons. The van der Waals surface area contributed by atoms with Crippen LogP contribution in [0.25, 0.3) is 10.9 Å². The summed E-state index contributed by atoms with van der Waals surface area (Å²) in [5.41, 5.74) is -1.64. The monoisotopic (exact) mass is 313 g/mol. The third kappa shape index (κ3) is 1.70. The summed E-state index contributed by atoms with van der Waals surface area (Å²) >= 11 is 23.3. The maximum Gasteiger partial charge on any atom is 0.347 e. The van der Waals surface area contributed by atoms with Crippen LogP contribution in [-0.2, 0) is 0 Å². The lowest BCUT2D eigenvalue weighted by Gasteiger charge is -2.08. The molecule has 9 heteroatoms. The number of nitrogens with two attached hydrogens (primary N) is 1. The van der Waals surface area contributed by atoms with Crippen LogP contribution in [0.2, 0.25) is 20.1 Å². The van der Waals surface area contributed by atoms with Crippen molar-refractivity contribution in [1.29, 1.82) is 0 Å². The number of halogens is 4. The number of benzene rings is 1. The molecule has 0 saturated carbocycles. The van der Waals surface area contributed by atoms with Crippen LogP contribution in [0.1, 0.15) is 0 Å². The fourth-order valence-electron chi connectivity index (χ4n) is 1.33. The van der Waals surface area contributed by atoms with Gasteiger partial charge in [-0.2, -0.15) is 4.68 Å². The molecule has 5 nitrogen and oxygen atoms in total.